The van der Waals surface area contributed by atoms with Crippen LogP contribution >= 0.6 is 0 Å². The second-order valence-corrected chi connectivity index (χ2v) is 6.05. The van der Waals surface area contributed by atoms with E-state index in [2.05, 4.69) is 0 Å². The van der Waals surface area contributed by atoms with E-state index in [-0.39, 0.29) is 5.56 Å². The summed E-state index contributed by atoms with van der Waals surface area (Å²) in [7, 11) is 0. The smallest absolute Gasteiger partial charge is 0.254 e. The van der Waals surface area contributed by atoms with Gasteiger partial charge in [0, 0.05) is 18.7 Å². The quantitative estimate of drug-likeness (QED) is 0.551. The molecule has 0 saturated carbocycles. The lowest BCUT2D eigenvalue weighted by Gasteiger charge is -2.09. The maximum Gasteiger partial charge on any atom is 0.254 e. The fourth-order valence-corrected chi connectivity index (χ4v) is 2.61. The topological polar surface area (TPSA) is 40.5 Å². The van der Waals surface area contributed by atoms with E-state index in [1.807, 2.05) is 66.7 Å². The molecule has 0 N–H and O–H groups in total. The van der Waals surface area contributed by atoms with Gasteiger partial charge in [0.1, 0.15) is 5.75 Å². The molecule has 3 aromatic rings. The summed E-state index contributed by atoms with van der Waals surface area (Å²) in [6, 6.07) is 23.4. The maximum absolute atomic E-state index is 12.2. The van der Waals surface area contributed by atoms with Crippen LogP contribution in [0.5, 0.6) is 5.75 Å². The van der Waals surface area contributed by atoms with Crippen molar-refractivity contribution in [3.05, 3.63) is 100 Å². The van der Waals surface area contributed by atoms with Gasteiger partial charge in [0.25, 0.3) is 5.56 Å². The van der Waals surface area contributed by atoms with Gasteiger partial charge < -0.3 is 14.0 Å². The minimum Gasteiger partial charge on any atom is -0.493 e. The third kappa shape index (κ3) is 5.60. The Hall–Kier alpha value is -2.85. The van der Waals surface area contributed by atoms with E-state index in [4.69, 9.17) is 9.47 Å². The van der Waals surface area contributed by atoms with Gasteiger partial charge in [-0.3, -0.25) is 4.79 Å². The molecule has 26 heavy (non-hydrogen) atoms. The van der Waals surface area contributed by atoms with Crippen LogP contribution in [0.25, 0.3) is 0 Å². The highest BCUT2D eigenvalue weighted by atomic mass is 16.5. The van der Waals surface area contributed by atoms with Crippen molar-refractivity contribution in [3.8, 4) is 5.75 Å². The molecule has 0 aliphatic rings. The molecule has 0 aliphatic heterocycles. The number of aromatic nitrogens is 1. The van der Waals surface area contributed by atoms with Crippen molar-refractivity contribution in [3.63, 3.8) is 0 Å². The molecule has 0 atom stereocenters. The summed E-state index contributed by atoms with van der Waals surface area (Å²) in [5, 5.41) is 0. The van der Waals surface area contributed by atoms with Gasteiger partial charge in [-0.25, -0.2) is 0 Å². The number of nitrogens with zero attached hydrogens (tertiary/aromatic N) is 1. The Labute approximate surface area is 153 Å². The zero-order valence-electron chi connectivity index (χ0n) is 14.7. The van der Waals surface area contributed by atoms with Gasteiger partial charge in [0.2, 0.25) is 0 Å². The molecule has 3 rings (SSSR count). The fourth-order valence-electron chi connectivity index (χ4n) is 2.61. The molecule has 0 fully saturated rings. The van der Waals surface area contributed by atoms with Crippen molar-refractivity contribution in [2.24, 2.45) is 0 Å². The van der Waals surface area contributed by atoms with Crippen molar-refractivity contribution in [2.75, 3.05) is 13.2 Å². The average Bonchev–Trinajstić information content (AvgIpc) is 2.68. The largest absolute Gasteiger partial charge is 0.493 e. The van der Waals surface area contributed by atoms with Crippen LogP contribution in [0.15, 0.2) is 83.8 Å². The zero-order chi connectivity index (χ0) is 18.0. The van der Waals surface area contributed by atoms with Gasteiger partial charge in [-0.15, -0.1) is 0 Å². The van der Waals surface area contributed by atoms with Crippen LogP contribution in [0.2, 0.25) is 0 Å². The number of pyridine rings is 1. The molecular formula is C22H23NO3. The van der Waals surface area contributed by atoms with Gasteiger partial charge in [-0.05, 0) is 17.2 Å². The van der Waals surface area contributed by atoms with Crippen LogP contribution in [0.4, 0.5) is 0 Å². The summed E-state index contributed by atoms with van der Waals surface area (Å²) in [6.45, 7) is 2.32. The molecule has 0 radical (unpaired) electrons. The van der Waals surface area contributed by atoms with E-state index < -0.39 is 0 Å². The van der Waals surface area contributed by atoms with Crippen molar-refractivity contribution in [1.82, 2.24) is 4.57 Å². The zero-order valence-corrected chi connectivity index (χ0v) is 14.7. The van der Waals surface area contributed by atoms with E-state index in [0.717, 1.165) is 17.5 Å². The Kier molecular flexibility index (Phi) is 6.62. The molecule has 134 valence electrons. The molecular weight excluding hydrogens is 326 g/mol. The van der Waals surface area contributed by atoms with Crippen LogP contribution in [0, 0.1) is 0 Å². The second-order valence-electron chi connectivity index (χ2n) is 6.05. The lowest BCUT2D eigenvalue weighted by atomic mass is 10.2. The predicted molar refractivity (Wildman–Crippen MR) is 102 cm³/mol. The summed E-state index contributed by atoms with van der Waals surface area (Å²) in [5.74, 6) is 0.599. The highest BCUT2D eigenvalue weighted by molar-refractivity contribution is 5.20. The molecule has 0 unspecified atom stereocenters. The van der Waals surface area contributed by atoms with Crippen LogP contribution in [-0.4, -0.2) is 17.8 Å². The Morgan fingerprint density at radius 1 is 0.808 bits per heavy atom. The van der Waals surface area contributed by atoms with Gasteiger partial charge >= 0.3 is 0 Å². The minimum atomic E-state index is -0.0633. The van der Waals surface area contributed by atoms with E-state index in [1.165, 1.54) is 6.07 Å². The van der Waals surface area contributed by atoms with Crippen LogP contribution in [-0.2, 0) is 17.9 Å². The summed E-state index contributed by atoms with van der Waals surface area (Å²) >= 11 is 0. The third-order valence-electron chi connectivity index (χ3n) is 3.98. The van der Waals surface area contributed by atoms with E-state index in [1.54, 1.807) is 10.8 Å². The van der Waals surface area contributed by atoms with Gasteiger partial charge in [0.05, 0.1) is 26.4 Å². The minimum absolute atomic E-state index is 0.0633. The van der Waals surface area contributed by atoms with Crippen molar-refractivity contribution in [2.45, 2.75) is 19.6 Å². The summed E-state index contributed by atoms with van der Waals surface area (Å²) < 4.78 is 12.9. The normalized spacial score (nSPS) is 10.6. The first-order chi connectivity index (χ1) is 12.8. The lowest BCUT2D eigenvalue weighted by Crippen LogP contribution is -2.19. The molecule has 2 aromatic carbocycles. The molecule has 0 bridgehead atoms. The van der Waals surface area contributed by atoms with Crippen molar-refractivity contribution < 1.29 is 9.47 Å². The highest BCUT2D eigenvalue weighted by Crippen LogP contribution is 2.08. The van der Waals surface area contributed by atoms with Gasteiger partial charge in [-0.2, -0.15) is 0 Å². The number of hydrogen-bond donors (Lipinski definition) is 0. The Morgan fingerprint density at radius 2 is 1.50 bits per heavy atom. The van der Waals surface area contributed by atoms with Crippen LogP contribution < -0.4 is 10.3 Å². The number of benzene rings is 2. The molecule has 4 heteroatoms. The molecule has 0 spiro atoms. The Bertz CT molecular complexity index is 844. The highest BCUT2D eigenvalue weighted by Gasteiger charge is 2.01. The van der Waals surface area contributed by atoms with Crippen LogP contribution in [0.1, 0.15) is 17.5 Å². The van der Waals surface area contributed by atoms with Crippen molar-refractivity contribution in [1.29, 1.82) is 0 Å². The van der Waals surface area contributed by atoms with Crippen LogP contribution in [0.3, 0.4) is 0 Å². The Morgan fingerprint density at radius 3 is 2.19 bits per heavy atom. The van der Waals surface area contributed by atoms with Gasteiger partial charge in [0.15, 0.2) is 0 Å². The average molecular weight is 349 g/mol. The summed E-state index contributed by atoms with van der Waals surface area (Å²) in [4.78, 5) is 12.2. The predicted octanol–water partition coefficient (Wildman–Crippen LogP) is 3.88. The van der Waals surface area contributed by atoms with Crippen molar-refractivity contribution >= 4 is 0 Å². The van der Waals surface area contributed by atoms with E-state index in [9.17, 15) is 4.79 Å². The van der Waals surface area contributed by atoms with Gasteiger partial charge in [-0.1, -0.05) is 60.7 Å². The lowest BCUT2D eigenvalue weighted by molar-refractivity contribution is 0.107. The van der Waals surface area contributed by atoms with E-state index in [0.29, 0.717) is 32.1 Å². The fraction of sp³-hybridized carbons (Fsp3) is 0.227. The second kappa shape index (κ2) is 9.59. The molecule has 1 heterocycles. The number of hydrogen-bond acceptors (Lipinski definition) is 3. The summed E-state index contributed by atoms with van der Waals surface area (Å²) in [5.41, 5.74) is 2.20. The number of rotatable bonds is 9. The molecule has 1 aromatic heterocycles. The Balaban J connectivity index is 1.40. The SMILES string of the molecule is O=c1cc(OCCCOCc2ccccc2)ccn1Cc1ccccc1. The first-order valence-corrected chi connectivity index (χ1v) is 8.80. The molecule has 0 saturated heterocycles. The standard InChI is InChI=1S/C22H23NO3/c24-22-16-21(12-13-23(22)17-19-8-3-1-4-9-19)26-15-7-14-25-18-20-10-5-2-6-11-20/h1-6,8-13,16H,7,14-15,17-18H2. The van der Waals surface area contributed by atoms with E-state index >= 15 is 0 Å². The number of ether oxygens (including phenoxy) is 2. The first kappa shape index (κ1) is 18.0. The third-order valence-corrected chi connectivity index (χ3v) is 3.98. The first-order valence-electron chi connectivity index (χ1n) is 8.80. The summed E-state index contributed by atoms with van der Waals surface area (Å²) in [6.07, 6.45) is 2.55. The maximum atomic E-state index is 12.2. The molecule has 4 nitrogen and oxygen atoms in total. The molecule has 0 amide bonds. The monoisotopic (exact) mass is 349 g/mol. The molecule has 0 aliphatic carbocycles.